The summed E-state index contributed by atoms with van der Waals surface area (Å²) in [4.78, 5) is 10.1. The smallest absolute Gasteiger partial charge is 0.383 e. The zero-order valence-corrected chi connectivity index (χ0v) is 13.2. The van der Waals surface area contributed by atoms with Crippen LogP contribution in [0.5, 0.6) is 0 Å². The maximum absolute atomic E-state index is 12.8. The zero-order valence-electron chi connectivity index (χ0n) is 13.2. The number of aliphatic hydroxyl groups is 1. The van der Waals surface area contributed by atoms with Crippen LogP contribution in [-0.2, 0) is 11.8 Å². The van der Waals surface area contributed by atoms with Gasteiger partial charge in [-0.05, 0) is 43.5 Å². The largest absolute Gasteiger partial charge is 0.416 e. The highest BCUT2D eigenvalue weighted by molar-refractivity contribution is 5.42. The number of hydrogen-bond donors (Lipinski definition) is 1. The van der Waals surface area contributed by atoms with Gasteiger partial charge in [0.05, 0.1) is 11.3 Å². The Morgan fingerprint density at radius 3 is 2.42 bits per heavy atom. The van der Waals surface area contributed by atoms with Crippen LogP contribution in [0.3, 0.4) is 0 Å². The number of halogens is 3. The van der Waals surface area contributed by atoms with Gasteiger partial charge in [-0.2, -0.15) is 13.2 Å². The van der Waals surface area contributed by atoms with Crippen LogP contribution < -0.4 is 4.90 Å². The predicted molar refractivity (Wildman–Crippen MR) is 83.6 cm³/mol. The Hall–Kier alpha value is -2.15. The van der Waals surface area contributed by atoms with Crippen LogP contribution in [0.4, 0.5) is 19.0 Å². The molecule has 1 N–H and O–H groups in total. The topological polar surface area (TPSA) is 49.2 Å². The van der Waals surface area contributed by atoms with Gasteiger partial charge in [0.1, 0.15) is 11.4 Å². The van der Waals surface area contributed by atoms with Gasteiger partial charge in [0.15, 0.2) is 0 Å². The maximum Gasteiger partial charge on any atom is 0.416 e. The van der Waals surface area contributed by atoms with E-state index in [0.717, 1.165) is 17.7 Å². The van der Waals surface area contributed by atoms with E-state index in [-0.39, 0.29) is 5.82 Å². The number of anilines is 1. The maximum atomic E-state index is 12.8. The highest BCUT2D eigenvalue weighted by atomic mass is 19.4. The average molecular weight is 337 g/mol. The van der Waals surface area contributed by atoms with Crippen molar-refractivity contribution in [2.75, 3.05) is 18.0 Å². The molecule has 0 aromatic carbocycles. The minimum Gasteiger partial charge on any atom is -0.383 e. The van der Waals surface area contributed by atoms with Gasteiger partial charge in [-0.1, -0.05) is 6.07 Å². The van der Waals surface area contributed by atoms with Crippen molar-refractivity contribution in [2.24, 2.45) is 0 Å². The van der Waals surface area contributed by atoms with Gasteiger partial charge in [0, 0.05) is 25.5 Å². The van der Waals surface area contributed by atoms with Gasteiger partial charge >= 0.3 is 6.18 Å². The Bertz CT molecular complexity index is 708. The number of alkyl halides is 3. The molecule has 3 rings (SSSR count). The molecular formula is C17H18F3N3O. The monoisotopic (exact) mass is 337 g/mol. The van der Waals surface area contributed by atoms with Gasteiger partial charge in [0.25, 0.3) is 0 Å². The molecule has 0 amide bonds. The van der Waals surface area contributed by atoms with Gasteiger partial charge in [-0.25, -0.2) is 4.98 Å². The van der Waals surface area contributed by atoms with Crippen LogP contribution in [0, 0.1) is 6.92 Å². The van der Waals surface area contributed by atoms with Crippen molar-refractivity contribution < 1.29 is 18.3 Å². The van der Waals surface area contributed by atoms with E-state index in [1.807, 2.05) is 13.0 Å². The fourth-order valence-electron chi connectivity index (χ4n) is 2.87. The summed E-state index contributed by atoms with van der Waals surface area (Å²) in [6, 6.07) is 5.70. The van der Waals surface area contributed by atoms with Crippen LogP contribution in [0.1, 0.15) is 29.7 Å². The fourth-order valence-corrected chi connectivity index (χ4v) is 2.87. The van der Waals surface area contributed by atoms with Crippen LogP contribution in [0.15, 0.2) is 36.7 Å². The quantitative estimate of drug-likeness (QED) is 0.914. The van der Waals surface area contributed by atoms with Crippen molar-refractivity contribution in [3.63, 3.8) is 0 Å². The van der Waals surface area contributed by atoms with Crippen molar-refractivity contribution in [1.82, 2.24) is 9.97 Å². The molecule has 0 radical (unpaired) electrons. The summed E-state index contributed by atoms with van der Waals surface area (Å²) in [5.41, 5.74) is -0.155. The second-order valence-electron chi connectivity index (χ2n) is 6.14. The highest BCUT2D eigenvalue weighted by Gasteiger charge is 2.36. The van der Waals surface area contributed by atoms with Crippen molar-refractivity contribution in [2.45, 2.75) is 31.5 Å². The van der Waals surface area contributed by atoms with Crippen molar-refractivity contribution in [3.05, 3.63) is 53.5 Å². The number of rotatable bonds is 2. The number of aromatic nitrogens is 2. The summed E-state index contributed by atoms with van der Waals surface area (Å²) >= 11 is 0. The average Bonchev–Trinajstić information content (AvgIpc) is 2.55. The lowest BCUT2D eigenvalue weighted by atomic mass is 9.87. The van der Waals surface area contributed by atoms with E-state index in [1.54, 1.807) is 17.2 Å². The van der Waals surface area contributed by atoms with E-state index in [9.17, 15) is 18.3 Å². The van der Waals surface area contributed by atoms with E-state index in [4.69, 9.17) is 0 Å². The molecule has 0 spiro atoms. The van der Waals surface area contributed by atoms with Gasteiger partial charge in [-0.3, -0.25) is 4.98 Å². The molecule has 0 unspecified atom stereocenters. The molecule has 0 aliphatic carbocycles. The fraction of sp³-hybridized carbons (Fsp3) is 0.412. The van der Waals surface area contributed by atoms with Crippen molar-refractivity contribution in [1.29, 1.82) is 0 Å². The number of aryl methyl sites for hydroxylation is 1. The van der Waals surface area contributed by atoms with Gasteiger partial charge in [-0.15, -0.1) is 0 Å². The summed E-state index contributed by atoms with van der Waals surface area (Å²) in [7, 11) is 0. The first kappa shape index (κ1) is 16.7. The molecule has 2 aromatic heterocycles. The molecule has 1 aliphatic rings. The first-order valence-electron chi connectivity index (χ1n) is 7.72. The molecule has 3 heterocycles. The lowest BCUT2D eigenvalue weighted by molar-refractivity contribution is -0.137. The second-order valence-corrected chi connectivity index (χ2v) is 6.14. The molecule has 0 saturated carbocycles. The molecular weight excluding hydrogens is 319 g/mol. The molecule has 4 nitrogen and oxygen atoms in total. The van der Waals surface area contributed by atoms with Gasteiger partial charge in [0.2, 0.25) is 0 Å². The predicted octanol–water partition coefficient (Wildman–Crippen LogP) is 3.29. The van der Waals surface area contributed by atoms with Crippen LogP contribution >= 0.6 is 0 Å². The standard InChI is InChI=1S/C17H18F3N3O/c1-12-2-3-14(22-11-12)16(24)5-8-23(9-6-16)15-10-13(4-7-21-15)17(18,19)20/h2-4,7,10-11,24H,5-6,8-9H2,1H3. The Balaban J connectivity index is 1.74. The van der Waals surface area contributed by atoms with E-state index in [2.05, 4.69) is 9.97 Å². The number of hydrogen-bond acceptors (Lipinski definition) is 4. The van der Waals surface area contributed by atoms with E-state index < -0.39 is 17.3 Å². The third kappa shape index (κ3) is 3.36. The normalized spacial score (nSPS) is 17.8. The SMILES string of the molecule is Cc1ccc(C2(O)CCN(c3cc(C(F)(F)F)ccn3)CC2)nc1. The lowest BCUT2D eigenvalue weighted by Gasteiger charge is -2.38. The molecule has 128 valence electrons. The third-order valence-electron chi connectivity index (χ3n) is 4.38. The van der Waals surface area contributed by atoms with Crippen molar-refractivity contribution in [3.8, 4) is 0 Å². The Morgan fingerprint density at radius 1 is 1.12 bits per heavy atom. The zero-order chi connectivity index (χ0) is 17.4. The second kappa shape index (κ2) is 6.05. The molecule has 7 heteroatoms. The minimum atomic E-state index is -4.39. The molecule has 24 heavy (non-hydrogen) atoms. The number of pyridine rings is 2. The summed E-state index contributed by atoms with van der Waals surface area (Å²) in [5.74, 6) is 0.281. The Kier molecular flexibility index (Phi) is 4.21. The Labute approximate surface area is 138 Å². The molecule has 1 aliphatic heterocycles. The molecule has 0 bridgehead atoms. The third-order valence-corrected chi connectivity index (χ3v) is 4.38. The van der Waals surface area contributed by atoms with Crippen molar-refractivity contribution >= 4 is 5.82 Å². The van der Waals surface area contributed by atoms with Crippen LogP contribution in [-0.4, -0.2) is 28.2 Å². The first-order chi connectivity index (χ1) is 11.3. The van der Waals surface area contributed by atoms with E-state index >= 15 is 0 Å². The summed E-state index contributed by atoms with van der Waals surface area (Å²) in [5, 5.41) is 10.8. The summed E-state index contributed by atoms with van der Waals surface area (Å²) in [6.45, 7) is 2.75. The van der Waals surface area contributed by atoms with E-state index in [1.165, 1.54) is 6.20 Å². The Morgan fingerprint density at radius 2 is 1.83 bits per heavy atom. The van der Waals surface area contributed by atoms with Gasteiger partial charge < -0.3 is 10.0 Å². The summed E-state index contributed by atoms with van der Waals surface area (Å²) < 4.78 is 38.5. The number of nitrogens with zero attached hydrogens (tertiary/aromatic N) is 3. The van der Waals surface area contributed by atoms with Crippen LogP contribution in [0.2, 0.25) is 0 Å². The molecule has 2 aromatic rings. The lowest BCUT2D eigenvalue weighted by Crippen LogP contribution is -2.43. The molecule has 1 saturated heterocycles. The summed E-state index contributed by atoms with van der Waals surface area (Å²) in [6.07, 6.45) is -0.740. The van der Waals surface area contributed by atoms with Crippen LogP contribution in [0.25, 0.3) is 0 Å². The molecule has 1 fully saturated rings. The molecule has 0 atom stereocenters. The number of piperidine rings is 1. The van der Waals surface area contributed by atoms with E-state index in [0.29, 0.717) is 31.6 Å². The highest BCUT2D eigenvalue weighted by Crippen LogP contribution is 2.35. The first-order valence-corrected chi connectivity index (χ1v) is 7.72. The minimum absolute atomic E-state index is 0.281.